The van der Waals surface area contributed by atoms with Crippen molar-refractivity contribution in [3.63, 3.8) is 0 Å². The van der Waals surface area contributed by atoms with Gasteiger partial charge in [-0.25, -0.2) is 8.78 Å². The molecule has 0 unspecified atom stereocenters. The van der Waals surface area contributed by atoms with E-state index in [1.807, 2.05) is 36.4 Å². The van der Waals surface area contributed by atoms with Crippen LogP contribution in [0.4, 0.5) is 14.6 Å². The molecule has 3 aromatic rings. The molecular weight excluding hydrogens is 362 g/mol. The lowest BCUT2D eigenvalue weighted by molar-refractivity contribution is 0.0766. The Hall–Kier alpha value is -3.22. The Labute approximate surface area is 161 Å². The molecule has 1 fully saturated rings. The number of benzene rings is 2. The van der Waals surface area contributed by atoms with E-state index in [1.165, 1.54) is 0 Å². The van der Waals surface area contributed by atoms with E-state index in [4.69, 9.17) is 0 Å². The summed E-state index contributed by atoms with van der Waals surface area (Å²) in [7, 11) is 0. The number of carbonyl (C=O) groups is 1. The van der Waals surface area contributed by atoms with Gasteiger partial charge in [0.25, 0.3) is 5.91 Å². The van der Waals surface area contributed by atoms with Gasteiger partial charge < -0.3 is 9.80 Å². The topological polar surface area (TPSA) is 52.2 Å². The third-order valence-corrected chi connectivity index (χ3v) is 4.87. The minimum absolute atomic E-state index is 0.0390. The third-order valence-electron chi connectivity index (χ3n) is 4.87. The fourth-order valence-corrected chi connectivity index (χ4v) is 3.45. The molecule has 0 radical (unpaired) electrons. The first-order valence-corrected chi connectivity index (χ1v) is 9.21. The predicted octanol–water partition coefficient (Wildman–Crippen LogP) is 3.71. The normalized spacial score (nSPS) is 14.8. The Morgan fingerprint density at radius 1 is 0.929 bits per heavy atom. The molecule has 0 aliphatic carbocycles. The maximum absolute atomic E-state index is 13.4. The molecule has 2 aromatic carbocycles. The van der Waals surface area contributed by atoms with Gasteiger partial charge >= 0.3 is 0 Å². The number of carbonyl (C=O) groups excluding carboxylic acids is 1. The second kappa shape index (κ2) is 7.80. The van der Waals surface area contributed by atoms with Crippen LogP contribution in [0.15, 0.2) is 54.6 Å². The molecule has 0 atom stereocenters. The molecule has 2 heterocycles. The number of halogens is 2. The summed E-state index contributed by atoms with van der Waals surface area (Å²) in [4.78, 5) is 16.4. The molecule has 1 aliphatic rings. The first-order valence-electron chi connectivity index (χ1n) is 9.21. The highest BCUT2D eigenvalue weighted by atomic mass is 19.1. The monoisotopic (exact) mass is 382 g/mol. The second-order valence-electron chi connectivity index (χ2n) is 6.80. The van der Waals surface area contributed by atoms with Gasteiger partial charge in [0.2, 0.25) is 0 Å². The lowest BCUT2D eigenvalue weighted by atomic mass is 10.1. The number of amides is 1. The highest BCUT2D eigenvalue weighted by Gasteiger charge is 2.22. The SMILES string of the molecule is O=C(c1cc(F)cc(F)c1)N1CCCN(c2cc(-c3ccccc3)[nH]n2)CC1. The van der Waals surface area contributed by atoms with Crippen molar-refractivity contribution in [2.75, 3.05) is 31.1 Å². The van der Waals surface area contributed by atoms with Crippen molar-refractivity contribution in [2.24, 2.45) is 0 Å². The van der Waals surface area contributed by atoms with Crippen LogP contribution in [0.3, 0.4) is 0 Å². The van der Waals surface area contributed by atoms with Gasteiger partial charge in [0.1, 0.15) is 11.6 Å². The Balaban J connectivity index is 1.45. The van der Waals surface area contributed by atoms with Crippen LogP contribution in [0.2, 0.25) is 0 Å². The molecule has 28 heavy (non-hydrogen) atoms. The van der Waals surface area contributed by atoms with Gasteiger partial charge in [0, 0.05) is 43.9 Å². The third kappa shape index (κ3) is 3.88. The smallest absolute Gasteiger partial charge is 0.254 e. The summed E-state index contributed by atoms with van der Waals surface area (Å²) in [5, 5.41) is 7.46. The quantitative estimate of drug-likeness (QED) is 0.751. The van der Waals surface area contributed by atoms with Crippen LogP contribution in [0.1, 0.15) is 16.8 Å². The molecule has 0 spiro atoms. The minimum Gasteiger partial charge on any atom is -0.353 e. The Kier molecular flexibility index (Phi) is 5.06. The van der Waals surface area contributed by atoms with E-state index < -0.39 is 11.6 Å². The van der Waals surface area contributed by atoms with Crippen molar-refractivity contribution in [1.29, 1.82) is 0 Å². The van der Waals surface area contributed by atoms with E-state index in [2.05, 4.69) is 15.1 Å². The second-order valence-corrected chi connectivity index (χ2v) is 6.80. The van der Waals surface area contributed by atoms with E-state index in [-0.39, 0.29) is 11.5 Å². The van der Waals surface area contributed by atoms with Crippen molar-refractivity contribution in [3.05, 3.63) is 71.8 Å². The summed E-state index contributed by atoms with van der Waals surface area (Å²) in [6.07, 6.45) is 0.747. The van der Waals surface area contributed by atoms with Gasteiger partial charge in [-0.3, -0.25) is 9.89 Å². The molecule has 1 aliphatic heterocycles. The molecule has 0 bridgehead atoms. The first kappa shape index (κ1) is 18.2. The molecule has 1 saturated heterocycles. The molecule has 1 aromatic heterocycles. The zero-order valence-electron chi connectivity index (χ0n) is 15.2. The maximum Gasteiger partial charge on any atom is 0.254 e. The van der Waals surface area contributed by atoms with E-state index in [1.54, 1.807) is 4.90 Å². The number of aromatic amines is 1. The standard InChI is InChI=1S/C21H20F2N4O/c22-17-11-16(12-18(23)13-17)21(28)27-8-4-7-26(9-10-27)20-14-19(24-25-20)15-5-2-1-3-6-15/h1-3,5-6,11-14H,4,7-10H2,(H,24,25). The molecule has 0 saturated carbocycles. The fraction of sp³-hybridized carbons (Fsp3) is 0.238. The summed E-state index contributed by atoms with van der Waals surface area (Å²) in [5.41, 5.74) is 2.03. The Morgan fingerprint density at radius 3 is 2.43 bits per heavy atom. The molecule has 7 heteroatoms. The molecule has 1 amide bonds. The van der Waals surface area contributed by atoms with E-state index in [0.29, 0.717) is 19.6 Å². The number of anilines is 1. The van der Waals surface area contributed by atoms with Gasteiger partial charge in [-0.2, -0.15) is 5.10 Å². The van der Waals surface area contributed by atoms with Gasteiger partial charge in [-0.05, 0) is 24.1 Å². The van der Waals surface area contributed by atoms with Gasteiger partial charge in [0.15, 0.2) is 5.82 Å². The number of nitrogens with one attached hydrogen (secondary N) is 1. The predicted molar refractivity (Wildman–Crippen MR) is 103 cm³/mol. The molecular formula is C21H20F2N4O. The van der Waals surface area contributed by atoms with Crippen molar-refractivity contribution >= 4 is 11.7 Å². The number of hydrogen-bond donors (Lipinski definition) is 1. The molecule has 1 N–H and O–H groups in total. The molecule has 5 nitrogen and oxygen atoms in total. The average molecular weight is 382 g/mol. The number of H-pyrrole nitrogens is 1. The minimum atomic E-state index is -0.746. The summed E-state index contributed by atoms with van der Waals surface area (Å²) in [6, 6.07) is 14.8. The van der Waals surface area contributed by atoms with Crippen LogP contribution in [0, 0.1) is 11.6 Å². The summed E-state index contributed by atoms with van der Waals surface area (Å²) >= 11 is 0. The van der Waals surface area contributed by atoms with Crippen molar-refractivity contribution in [3.8, 4) is 11.3 Å². The number of nitrogens with zero attached hydrogens (tertiary/aromatic N) is 3. The van der Waals surface area contributed by atoms with Crippen LogP contribution in [-0.2, 0) is 0 Å². The zero-order chi connectivity index (χ0) is 19.5. The number of rotatable bonds is 3. The maximum atomic E-state index is 13.4. The fourth-order valence-electron chi connectivity index (χ4n) is 3.45. The first-order chi connectivity index (χ1) is 13.6. The lowest BCUT2D eigenvalue weighted by Crippen LogP contribution is -2.35. The lowest BCUT2D eigenvalue weighted by Gasteiger charge is -2.22. The average Bonchev–Trinajstić information content (AvgIpc) is 3.06. The van der Waals surface area contributed by atoms with E-state index >= 15 is 0 Å². The molecule has 144 valence electrons. The van der Waals surface area contributed by atoms with Gasteiger partial charge in [-0.1, -0.05) is 30.3 Å². The van der Waals surface area contributed by atoms with Crippen molar-refractivity contribution in [2.45, 2.75) is 6.42 Å². The van der Waals surface area contributed by atoms with Crippen LogP contribution in [0.25, 0.3) is 11.3 Å². The summed E-state index contributed by atoms with van der Waals surface area (Å²) in [5.74, 6) is -1.02. The summed E-state index contributed by atoms with van der Waals surface area (Å²) < 4.78 is 26.9. The van der Waals surface area contributed by atoms with Crippen molar-refractivity contribution < 1.29 is 13.6 Å². The van der Waals surface area contributed by atoms with E-state index in [0.717, 1.165) is 48.2 Å². The van der Waals surface area contributed by atoms with Gasteiger partial charge in [-0.15, -0.1) is 0 Å². The number of aromatic nitrogens is 2. The highest BCUT2D eigenvalue weighted by Crippen LogP contribution is 2.23. The van der Waals surface area contributed by atoms with Crippen molar-refractivity contribution in [1.82, 2.24) is 15.1 Å². The van der Waals surface area contributed by atoms with Crippen LogP contribution < -0.4 is 4.90 Å². The number of hydrogen-bond acceptors (Lipinski definition) is 3. The van der Waals surface area contributed by atoms with Crippen LogP contribution >= 0.6 is 0 Å². The van der Waals surface area contributed by atoms with Gasteiger partial charge in [0.05, 0.1) is 5.69 Å². The zero-order valence-corrected chi connectivity index (χ0v) is 15.2. The van der Waals surface area contributed by atoms with Crippen LogP contribution in [-0.4, -0.2) is 47.2 Å². The van der Waals surface area contributed by atoms with E-state index in [9.17, 15) is 13.6 Å². The largest absolute Gasteiger partial charge is 0.353 e. The van der Waals surface area contributed by atoms with Crippen LogP contribution in [0.5, 0.6) is 0 Å². The highest BCUT2D eigenvalue weighted by molar-refractivity contribution is 5.94. The summed E-state index contributed by atoms with van der Waals surface area (Å²) in [6.45, 7) is 2.34. The Bertz CT molecular complexity index is 953. The molecule has 4 rings (SSSR count). The Morgan fingerprint density at radius 2 is 1.68 bits per heavy atom.